The monoisotopic (exact) mass is 528 g/mol. The van der Waals surface area contributed by atoms with Crippen LogP contribution in [0.5, 0.6) is 0 Å². The van der Waals surface area contributed by atoms with Crippen molar-refractivity contribution in [3.05, 3.63) is 60.1 Å². The number of methoxy groups -OCH3 is 1. The topological polar surface area (TPSA) is 100.0 Å². The van der Waals surface area contributed by atoms with Crippen molar-refractivity contribution >= 4 is 0 Å². The first-order valence-corrected chi connectivity index (χ1v) is 13.6. The summed E-state index contributed by atoms with van der Waals surface area (Å²) in [6, 6.07) is 0. The van der Waals surface area contributed by atoms with E-state index >= 15 is 0 Å². The maximum atomic E-state index is 10.4. The fourth-order valence-corrected chi connectivity index (χ4v) is 4.93. The molecule has 0 bridgehead atoms. The Labute approximate surface area is 226 Å². The third kappa shape index (κ3) is 9.05. The second-order valence-electron chi connectivity index (χ2n) is 10.2. The highest BCUT2D eigenvalue weighted by Crippen LogP contribution is 2.35. The van der Waals surface area contributed by atoms with Crippen molar-refractivity contribution in [2.45, 2.75) is 97.2 Å². The van der Waals surface area contributed by atoms with E-state index in [0.29, 0.717) is 61.4 Å². The van der Waals surface area contributed by atoms with Gasteiger partial charge in [-0.2, -0.15) is 0 Å². The van der Waals surface area contributed by atoms with Crippen molar-refractivity contribution in [2.75, 3.05) is 13.7 Å². The third-order valence-electron chi connectivity index (χ3n) is 6.57. The van der Waals surface area contributed by atoms with E-state index in [0.717, 1.165) is 12.8 Å². The highest BCUT2D eigenvalue weighted by atomic mass is 16.7. The Morgan fingerprint density at radius 2 is 2.08 bits per heavy atom. The van der Waals surface area contributed by atoms with Crippen molar-refractivity contribution in [1.82, 2.24) is 9.97 Å². The molecule has 0 aromatic carbocycles. The normalized spacial score (nSPS) is 24.4. The van der Waals surface area contributed by atoms with Crippen LogP contribution in [0.3, 0.4) is 0 Å². The van der Waals surface area contributed by atoms with Crippen LogP contribution in [-0.4, -0.2) is 46.8 Å². The summed E-state index contributed by atoms with van der Waals surface area (Å²) in [5, 5.41) is 10.4. The van der Waals surface area contributed by atoms with Crippen molar-refractivity contribution in [3.63, 3.8) is 0 Å². The Bertz CT molecular complexity index is 1070. The second-order valence-corrected chi connectivity index (χ2v) is 10.2. The number of aliphatic hydroxyl groups excluding tert-OH is 1. The zero-order valence-electron chi connectivity index (χ0n) is 23.7. The van der Waals surface area contributed by atoms with Crippen molar-refractivity contribution in [2.24, 2.45) is 5.92 Å². The lowest BCUT2D eigenvalue weighted by Gasteiger charge is -2.41. The van der Waals surface area contributed by atoms with Gasteiger partial charge in [-0.15, -0.1) is 0 Å². The molecule has 0 saturated carbocycles. The number of aromatic nitrogens is 2. The predicted molar refractivity (Wildman–Crippen MR) is 146 cm³/mol. The number of aryl methyl sites for hydroxylation is 1. The summed E-state index contributed by atoms with van der Waals surface area (Å²) in [5.41, 5.74) is 2.55. The number of ether oxygens (including phenoxy) is 3. The molecule has 8 heteroatoms. The van der Waals surface area contributed by atoms with Gasteiger partial charge in [-0.05, 0) is 52.9 Å². The molecule has 1 N–H and O–H groups in total. The van der Waals surface area contributed by atoms with Crippen molar-refractivity contribution < 1.29 is 28.2 Å². The largest absolute Gasteiger partial charge is 0.448 e. The van der Waals surface area contributed by atoms with Gasteiger partial charge < -0.3 is 28.2 Å². The van der Waals surface area contributed by atoms with Gasteiger partial charge in [-0.25, -0.2) is 9.97 Å². The van der Waals surface area contributed by atoms with E-state index in [4.69, 9.17) is 23.0 Å². The fraction of sp³-hybridized carbons (Fsp3) is 0.600. The number of oxazole rings is 2. The summed E-state index contributed by atoms with van der Waals surface area (Å²) in [6.07, 6.45) is 16.9. The molecule has 1 saturated heterocycles. The molecule has 5 atom stereocenters. The van der Waals surface area contributed by atoms with Crippen LogP contribution in [0.2, 0.25) is 0 Å². The molecule has 0 radical (unpaired) electrons. The molecule has 38 heavy (non-hydrogen) atoms. The van der Waals surface area contributed by atoms with Crippen molar-refractivity contribution in [3.8, 4) is 11.6 Å². The van der Waals surface area contributed by atoms with Crippen LogP contribution >= 0.6 is 0 Å². The fourth-order valence-electron chi connectivity index (χ4n) is 4.93. The molecular formula is C30H44N2O6. The molecular weight excluding hydrogens is 484 g/mol. The summed E-state index contributed by atoms with van der Waals surface area (Å²) in [5.74, 6) is 0.671. The Morgan fingerprint density at radius 1 is 1.26 bits per heavy atom. The van der Waals surface area contributed by atoms with Gasteiger partial charge >= 0.3 is 0 Å². The smallest absolute Gasteiger partial charge is 0.248 e. The average Bonchev–Trinajstić information content (AvgIpc) is 3.52. The van der Waals surface area contributed by atoms with Gasteiger partial charge in [0.05, 0.1) is 12.2 Å². The van der Waals surface area contributed by atoms with Gasteiger partial charge in [0.15, 0.2) is 17.4 Å². The van der Waals surface area contributed by atoms with Gasteiger partial charge in [0.1, 0.15) is 24.3 Å². The number of hydrogen-bond acceptors (Lipinski definition) is 8. The lowest BCUT2D eigenvalue weighted by atomic mass is 9.95. The SMILES string of the molecule is C/C=C/C(C)/C=C(/C)C/C=C/CCc1nc(-c2nc(C(C[C@@H]3C[C@H](O)C[C@@](C)(OCC)O3)OC)co2)co1. The van der Waals surface area contributed by atoms with Gasteiger partial charge in [0.2, 0.25) is 5.89 Å². The Morgan fingerprint density at radius 3 is 2.82 bits per heavy atom. The summed E-state index contributed by atoms with van der Waals surface area (Å²) >= 11 is 0. The molecule has 1 aliphatic rings. The Balaban J connectivity index is 1.53. The summed E-state index contributed by atoms with van der Waals surface area (Å²) in [7, 11) is 1.63. The van der Waals surface area contributed by atoms with E-state index in [1.54, 1.807) is 19.6 Å². The second kappa shape index (κ2) is 14.6. The van der Waals surface area contributed by atoms with Gasteiger partial charge in [-0.3, -0.25) is 0 Å². The third-order valence-corrected chi connectivity index (χ3v) is 6.57. The molecule has 210 valence electrons. The maximum absolute atomic E-state index is 10.4. The van der Waals surface area contributed by atoms with Crippen LogP contribution in [0.25, 0.3) is 11.6 Å². The molecule has 0 amide bonds. The van der Waals surface area contributed by atoms with Crippen molar-refractivity contribution in [1.29, 1.82) is 0 Å². The van der Waals surface area contributed by atoms with E-state index in [1.807, 2.05) is 20.8 Å². The van der Waals surface area contributed by atoms with Crippen LogP contribution in [0.15, 0.2) is 57.3 Å². The van der Waals surface area contributed by atoms with E-state index < -0.39 is 11.9 Å². The number of aliphatic hydroxyl groups is 1. The Kier molecular flexibility index (Phi) is 11.5. The molecule has 2 aromatic heterocycles. The van der Waals surface area contributed by atoms with E-state index in [-0.39, 0.29) is 12.2 Å². The molecule has 0 aliphatic carbocycles. The van der Waals surface area contributed by atoms with Gasteiger partial charge in [0.25, 0.3) is 0 Å². The first-order chi connectivity index (χ1) is 18.2. The first kappa shape index (κ1) is 30.0. The molecule has 2 unspecified atom stereocenters. The molecule has 8 nitrogen and oxygen atoms in total. The lowest BCUT2D eigenvalue weighted by molar-refractivity contribution is -0.287. The minimum absolute atomic E-state index is 0.233. The quantitative estimate of drug-likeness (QED) is 0.269. The highest BCUT2D eigenvalue weighted by Gasteiger charge is 2.39. The zero-order chi connectivity index (χ0) is 27.5. The summed E-state index contributed by atoms with van der Waals surface area (Å²) in [6.45, 7) is 10.7. The molecule has 0 spiro atoms. The molecule has 3 heterocycles. The Hall–Kier alpha value is -2.52. The highest BCUT2D eigenvalue weighted by molar-refractivity contribution is 5.44. The standard InChI is InChI=1S/C30H44N2O6/c1-7-12-21(3)15-22(4)13-10-9-11-14-28-31-26(20-35-28)29-32-25(19-36-29)27(34-6)17-24-16-23(33)18-30(5,38-24)37-8-2/h7,9-10,12,15,19-21,23-24,27,33H,8,11,13-14,16-18H2,1-6H3/b10-9+,12-7+,22-15-/t21?,23-,24-,27?,30-/m0/s1. The minimum Gasteiger partial charge on any atom is -0.448 e. The van der Waals surface area contributed by atoms with E-state index in [2.05, 4.69) is 54.2 Å². The molecule has 2 aromatic rings. The van der Waals surface area contributed by atoms with E-state index in [1.165, 1.54) is 5.57 Å². The van der Waals surface area contributed by atoms with Gasteiger partial charge in [-0.1, -0.05) is 42.9 Å². The number of nitrogens with zero attached hydrogens (tertiary/aromatic N) is 2. The van der Waals surface area contributed by atoms with Gasteiger partial charge in [0, 0.05) is 33.0 Å². The number of allylic oxidation sites excluding steroid dienone is 6. The lowest BCUT2D eigenvalue weighted by Crippen LogP contribution is -2.46. The number of hydrogen-bond donors (Lipinski definition) is 1. The van der Waals surface area contributed by atoms with Crippen LogP contribution in [0.4, 0.5) is 0 Å². The minimum atomic E-state index is -0.809. The van der Waals surface area contributed by atoms with Crippen LogP contribution < -0.4 is 0 Å². The summed E-state index contributed by atoms with van der Waals surface area (Å²) in [4.78, 5) is 9.15. The number of rotatable bonds is 14. The first-order valence-electron chi connectivity index (χ1n) is 13.6. The molecule has 1 aliphatic heterocycles. The predicted octanol–water partition coefficient (Wildman–Crippen LogP) is 6.74. The summed E-state index contributed by atoms with van der Waals surface area (Å²) < 4.78 is 29.0. The molecule has 1 fully saturated rings. The maximum Gasteiger partial charge on any atom is 0.248 e. The van der Waals surface area contributed by atoms with Crippen LogP contribution in [0, 0.1) is 5.92 Å². The van der Waals surface area contributed by atoms with E-state index in [9.17, 15) is 5.11 Å². The zero-order valence-corrected chi connectivity index (χ0v) is 23.7. The molecule has 3 rings (SSSR count). The average molecular weight is 529 g/mol. The van der Waals surface area contributed by atoms with Crippen LogP contribution in [-0.2, 0) is 20.6 Å². The van der Waals surface area contributed by atoms with Crippen LogP contribution in [0.1, 0.15) is 84.4 Å².